The van der Waals surface area contributed by atoms with Crippen molar-refractivity contribution >= 4 is 23.0 Å². The third kappa shape index (κ3) is 3.08. The molecule has 0 saturated carbocycles. The van der Waals surface area contributed by atoms with E-state index in [1.165, 1.54) is 0 Å². The number of fused-ring (bicyclic) bond motifs is 2. The number of carbonyl (C=O) groups is 1. The van der Waals surface area contributed by atoms with Gasteiger partial charge in [0.15, 0.2) is 0 Å². The molecular weight excluding hydrogens is 286 g/mol. The van der Waals surface area contributed by atoms with Crippen molar-refractivity contribution in [2.75, 3.05) is 36.4 Å². The Morgan fingerprint density at radius 3 is 2.35 bits per heavy atom. The first kappa shape index (κ1) is 15.6. The minimum Gasteiger partial charge on any atom is -0.353 e. The summed E-state index contributed by atoms with van der Waals surface area (Å²) in [6, 6.07) is 15.7. The topological polar surface area (TPSA) is 35.6 Å². The van der Waals surface area contributed by atoms with Crippen LogP contribution in [0.2, 0.25) is 0 Å². The second-order valence-corrected chi connectivity index (χ2v) is 5.67. The predicted octanol–water partition coefficient (Wildman–Crippen LogP) is 3.73. The van der Waals surface area contributed by atoms with Crippen LogP contribution in [0, 0.1) is 0 Å². The van der Waals surface area contributed by atoms with Crippen molar-refractivity contribution in [1.29, 1.82) is 0 Å². The first-order chi connectivity index (χ1) is 11.2. The molecule has 0 radical (unpaired) electrons. The number of benzene rings is 2. The lowest BCUT2D eigenvalue weighted by Crippen LogP contribution is -2.38. The third-order valence-corrected chi connectivity index (χ3v) is 4.40. The van der Waals surface area contributed by atoms with Crippen LogP contribution < -0.4 is 10.2 Å². The molecule has 0 fully saturated rings. The Kier molecular flexibility index (Phi) is 4.63. The second-order valence-electron chi connectivity index (χ2n) is 5.67. The number of anilines is 3. The average Bonchev–Trinajstić information content (AvgIpc) is 2.71. The van der Waals surface area contributed by atoms with Gasteiger partial charge in [-0.2, -0.15) is 0 Å². The Balaban J connectivity index is 1.97. The maximum absolute atomic E-state index is 13.1. The van der Waals surface area contributed by atoms with Crippen molar-refractivity contribution in [2.24, 2.45) is 0 Å². The number of nitrogens with zero attached hydrogens (tertiary/aromatic N) is 2. The number of rotatable bonds is 5. The van der Waals surface area contributed by atoms with Crippen LogP contribution in [0.3, 0.4) is 0 Å². The van der Waals surface area contributed by atoms with Crippen molar-refractivity contribution in [3.8, 4) is 0 Å². The fourth-order valence-electron chi connectivity index (χ4n) is 3.00. The van der Waals surface area contributed by atoms with Crippen LogP contribution in [-0.4, -0.2) is 37.0 Å². The van der Waals surface area contributed by atoms with Crippen molar-refractivity contribution in [3.63, 3.8) is 0 Å². The normalized spacial score (nSPS) is 13.3. The SMILES string of the molecule is CCN(CC)CCN1C(=O)c2ccccc2Nc2ccccc21. The molecule has 0 saturated heterocycles. The van der Waals surface area contributed by atoms with E-state index in [1.54, 1.807) is 0 Å². The quantitative estimate of drug-likeness (QED) is 0.914. The average molecular weight is 309 g/mol. The van der Waals surface area contributed by atoms with Crippen molar-refractivity contribution in [1.82, 2.24) is 4.90 Å². The molecule has 0 atom stereocenters. The van der Waals surface area contributed by atoms with E-state index < -0.39 is 0 Å². The lowest BCUT2D eigenvalue weighted by atomic mass is 10.1. The van der Waals surface area contributed by atoms with E-state index in [-0.39, 0.29) is 5.91 Å². The number of hydrogen-bond acceptors (Lipinski definition) is 3. The van der Waals surface area contributed by atoms with Crippen LogP contribution >= 0.6 is 0 Å². The molecule has 1 amide bonds. The van der Waals surface area contributed by atoms with E-state index in [0.717, 1.165) is 42.3 Å². The van der Waals surface area contributed by atoms with Crippen LogP contribution in [0.4, 0.5) is 17.1 Å². The summed E-state index contributed by atoms with van der Waals surface area (Å²) in [5.74, 6) is 0.0604. The van der Waals surface area contributed by atoms with Gasteiger partial charge in [-0.25, -0.2) is 0 Å². The summed E-state index contributed by atoms with van der Waals surface area (Å²) in [5.41, 5.74) is 3.52. The van der Waals surface area contributed by atoms with Crippen LogP contribution in [0.25, 0.3) is 0 Å². The Morgan fingerprint density at radius 1 is 0.957 bits per heavy atom. The van der Waals surface area contributed by atoms with Gasteiger partial charge in [0.25, 0.3) is 5.91 Å². The molecule has 23 heavy (non-hydrogen) atoms. The molecule has 2 aromatic rings. The lowest BCUT2D eigenvalue weighted by molar-refractivity contribution is 0.0985. The Bertz CT molecular complexity index is 695. The highest BCUT2D eigenvalue weighted by atomic mass is 16.2. The summed E-state index contributed by atoms with van der Waals surface area (Å²) in [4.78, 5) is 17.3. The van der Waals surface area contributed by atoms with Gasteiger partial charge < -0.3 is 15.1 Å². The zero-order chi connectivity index (χ0) is 16.2. The highest BCUT2D eigenvalue weighted by Gasteiger charge is 2.26. The molecule has 4 heteroatoms. The molecule has 3 rings (SSSR count). The van der Waals surface area contributed by atoms with Crippen LogP contribution in [0.1, 0.15) is 24.2 Å². The van der Waals surface area contributed by atoms with Gasteiger partial charge >= 0.3 is 0 Å². The van der Waals surface area contributed by atoms with Crippen molar-refractivity contribution in [3.05, 3.63) is 54.1 Å². The highest BCUT2D eigenvalue weighted by Crippen LogP contribution is 2.35. The van der Waals surface area contributed by atoms with E-state index in [4.69, 9.17) is 0 Å². The molecule has 120 valence electrons. The smallest absolute Gasteiger partial charge is 0.260 e. The second kappa shape index (κ2) is 6.84. The van der Waals surface area contributed by atoms with E-state index in [2.05, 4.69) is 24.1 Å². The van der Waals surface area contributed by atoms with E-state index in [1.807, 2.05) is 53.4 Å². The lowest BCUT2D eigenvalue weighted by Gasteiger charge is -2.26. The van der Waals surface area contributed by atoms with Gasteiger partial charge in [0.05, 0.1) is 22.6 Å². The summed E-state index contributed by atoms with van der Waals surface area (Å²) in [5, 5.41) is 3.40. The Labute approximate surface area is 137 Å². The number of amides is 1. The minimum atomic E-state index is 0.0604. The first-order valence-electron chi connectivity index (χ1n) is 8.24. The molecule has 0 aliphatic carbocycles. The molecule has 2 aromatic carbocycles. The number of likely N-dealkylation sites (N-methyl/N-ethyl adjacent to an activating group) is 1. The van der Waals surface area contributed by atoms with Gasteiger partial charge in [0.1, 0.15) is 0 Å². The first-order valence-corrected chi connectivity index (χ1v) is 8.24. The van der Waals surface area contributed by atoms with Gasteiger partial charge in [0, 0.05) is 13.1 Å². The maximum Gasteiger partial charge on any atom is 0.260 e. The van der Waals surface area contributed by atoms with Crippen LogP contribution in [0.15, 0.2) is 48.5 Å². The monoisotopic (exact) mass is 309 g/mol. The number of nitrogens with one attached hydrogen (secondary N) is 1. The number of para-hydroxylation sites is 3. The number of hydrogen-bond donors (Lipinski definition) is 1. The molecular formula is C19H23N3O. The van der Waals surface area contributed by atoms with Crippen molar-refractivity contribution < 1.29 is 4.79 Å². The summed E-state index contributed by atoms with van der Waals surface area (Å²) < 4.78 is 0. The predicted molar refractivity (Wildman–Crippen MR) is 95.6 cm³/mol. The number of carbonyl (C=O) groups excluding carboxylic acids is 1. The molecule has 1 aliphatic rings. The van der Waals surface area contributed by atoms with Gasteiger partial charge in [-0.1, -0.05) is 38.1 Å². The summed E-state index contributed by atoms with van der Waals surface area (Å²) >= 11 is 0. The molecule has 1 aliphatic heterocycles. The van der Waals surface area contributed by atoms with Gasteiger partial charge in [0.2, 0.25) is 0 Å². The molecule has 0 aromatic heterocycles. The van der Waals surface area contributed by atoms with E-state index >= 15 is 0 Å². The van der Waals surface area contributed by atoms with Crippen LogP contribution in [0.5, 0.6) is 0 Å². The van der Waals surface area contributed by atoms with E-state index in [0.29, 0.717) is 6.54 Å². The Hall–Kier alpha value is -2.33. The minimum absolute atomic E-state index is 0.0604. The summed E-state index contributed by atoms with van der Waals surface area (Å²) in [6.45, 7) is 7.85. The third-order valence-electron chi connectivity index (χ3n) is 4.40. The van der Waals surface area contributed by atoms with Crippen molar-refractivity contribution in [2.45, 2.75) is 13.8 Å². The molecule has 0 bridgehead atoms. The highest BCUT2D eigenvalue weighted by molar-refractivity contribution is 6.13. The van der Waals surface area contributed by atoms with Gasteiger partial charge in [-0.05, 0) is 37.4 Å². The maximum atomic E-state index is 13.1. The molecule has 1 heterocycles. The largest absolute Gasteiger partial charge is 0.353 e. The summed E-state index contributed by atoms with van der Waals surface area (Å²) in [6.07, 6.45) is 0. The van der Waals surface area contributed by atoms with Gasteiger partial charge in [-0.15, -0.1) is 0 Å². The van der Waals surface area contributed by atoms with E-state index in [9.17, 15) is 4.79 Å². The fraction of sp³-hybridized carbons (Fsp3) is 0.316. The molecule has 0 unspecified atom stereocenters. The zero-order valence-corrected chi connectivity index (χ0v) is 13.7. The Morgan fingerprint density at radius 2 is 1.61 bits per heavy atom. The molecule has 0 spiro atoms. The summed E-state index contributed by atoms with van der Waals surface area (Å²) in [7, 11) is 0. The standard InChI is InChI=1S/C19H23N3O/c1-3-21(4-2)13-14-22-18-12-8-7-11-17(18)20-16-10-6-5-9-15(16)19(22)23/h5-12,20H,3-4,13-14H2,1-2H3. The van der Waals surface area contributed by atoms with Crippen LogP contribution in [-0.2, 0) is 0 Å². The molecule has 1 N–H and O–H groups in total. The van der Waals surface area contributed by atoms with Gasteiger partial charge in [-0.3, -0.25) is 4.79 Å². The zero-order valence-electron chi connectivity index (χ0n) is 13.7. The molecule has 4 nitrogen and oxygen atoms in total. The fourth-order valence-corrected chi connectivity index (χ4v) is 3.00.